The number of methoxy groups -OCH3 is 1. The minimum absolute atomic E-state index is 0.0735. The quantitative estimate of drug-likeness (QED) is 0.906. The first-order chi connectivity index (χ1) is 10.5. The molecule has 1 aromatic heterocycles. The molecule has 2 atom stereocenters. The fourth-order valence-corrected chi connectivity index (χ4v) is 3.12. The number of ether oxygens (including phenoxy) is 2. The molecule has 1 aliphatic carbocycles. The molecule has 5 heteroatoms. The molecule has 1 saturated carbocycles. The monoisotopic (exact) mass is 306 g/mol. The van der Waals surface area contributed by atoms with Crippen molar-refractivity contribution >= 4 is 11.6 Å². The molecule has 5 nitrogen and oxygen atoms in total. The molecule has 0 aliphatic heterocycles. The van der Waals surface area contributed by atoms with Gasteiger partial charge in [-0.1, -0.05) is 13.3 Å². The molecule has 0 saturated heterocycles. The zero-order valence-electron chi connectivity index (χ0n) is 13.9. The first-order valence-electron chi connectivity index (χ1n) is 7.98. The fraction of sp³-hybridized carbons (Fsp3) is 0.647. The average Bonchev–Trinajstić information content (AvgIpc) is 2.50. The largest absolute Gasteiger partial charge is 0.478 e. The highest BCUT2D eigenvalue weighted by Crippen LogP contribution is 2.36. The van der Waals surface area contributed by atoms with Crippen LogP contribution in [0.25, 0.3) is 0 Å². The van der Waals surface area contributed by atoms with Crippen LogP contribution in [-0.2, 0) is 9.53 Å². The van der Waals surface area contributed by atoms with Gasteiger partial charge in [0.2, 0.25) is 5.88 Å². The highest BCUT2D eigenvalue weighted by molar-refractivity contribution is 5.97. The predicted molar refractivity (Wildman–Crippen MR) is 86.1 cm³/mol. The summed E-state index contributed by atoms with van der Waals surface area (Å²) in [6, 6.07) is 3.61. The lowest BCUT2D eigenvalue weighted by Crippen LogP contribution is -2.48. The second-order valence-corrected chi connectivity index (χ2v) is 6.07. The second kappa shape index (κ2) is 7.09. The number of aryl methyl sites for hydroxylation is 1. The summed E-state index contributed by atoms with van der Waals surface area (Å²) in [4.78, 5) is 17.1. The molecular formula is C17H26N2O3. The van der Waals surface area contributed by atoms with Gasteiger partial charge in [0.1, 0.15) is 5.60 Å². The van der Waals surface area contributed by atoms with Crippen LogP contribution in [0.15, 0.2) is 12.1 Å². The number of nitrogens with one attached hydrogen (secondary N) is 1. The Morgan fingerprint density at radius 1 is 1.50 bits per heavy atom. The van der Waals surface area contributed by atoms with Crippen LogP contribution in [-0.4, -0.2) is 30.2 Å². The van der Waals surface area contributed by atoms with E-state index in [9.17, 15) is 4.79 Å². The average molecular weight is 306 g/mol. The highest BCUT2D eigenvalue weighted by atomic mass is 16.5. The van der Waals surface area contributed by atoms with Crippen LogP contribution in [0.3, 0.4) is 0 Å². The van der Waals surface area contributed by atoms with Crippen LogP contribution in [0.1, 0.15) is 45.2 Å². The number of amides is 1. The van der Waals surface area contributed by atoms with E-state index in [0.717, 1.165) is 31.4 Å². The molecule has 1 aliphatic rings. The van der Waals surface area contributed by atoms with Crippen LogP contribution in [0, 0.1) is 12.8 Å². The third kappa shape index (κ3) is 3.58. The number of carbonyl (C=O) groups excluding carboxylic acids is 1. The lowest BCUT2D eigenvalue weighted by molar-refractivity contribution is -0.143. The number of anilines is 1. The molecule has 1 fully saturated rings. The molecule has 1 amide bonds. The number of nitrogens with zero attached hydrogens (tertiary/aromatic N) is 1. The molecule has 1 heterocycles. The Kier molecular flexibility index (Phi) is 5.40. The van der Waals surface area contributed by atoms with Gasteiger partial charge in [0.25, 0.3) is 5.91 Å². The lowest BCUT2D eigenvalue weighted by atomic mass is 9.78. The van der Waals surface area contributed by atoms with Crippen molar-refractivity contribution in [2.75, 3.05) is 19.0 Å². The topological polar surface area (TPSA) is 60.5 Å². The van der Waals surface area contributed by atoms with Gasteiger partial charge < -0.3 is 14.8 Å². The molecule has 1 N–H and O–H groups in total. The Morgan fingerprint density at radius 2 is 2.27 bits per heavy atom. The van der Waals surface area contributed by atoms with E-state index in [4.69, 9.17) is 9.47 Å². The number of rotatable bonds is 5. The summed E-state index contributed by atoms with van der Waals surface area (Å²) in [5.74, 6) is 1.00. The van der Waals surface area contributed by atoms with Crippen molar-refractivity contribution in [3.63, 3.8) is 0 Å². The van der Waals surface area contributed by atoms with Crippen molar-refractivity contribution in [3.8, 4) is 5.88 Å². The Hall–Kier alpha value is -1.62. The van der Waals surface area contributed by atoms with E-state index in [0.29, 0.717) is 24.1 Å². The summed E-state index contributed by atoms with van der Waals surface area (Å²) < 4.78 is 11.0. The van der Waals surface area contributed by atoms with E-state index in [1.165, 1.54) is 0 Å². The summed E-state index contributed by atoms with van der Waals surface area (Å²) in [7, 11) is 1.63. The molecule has 2 rings (SSSR count). The lowest BCUT2D eigenvalue weighted by Gasteiger charge is -2.37. The minimum Gasteiger partial charge on any atom is -0.478 e. The molecule has 0 unspecified atom stereocenters. The van der Waals surface area contributed by atoms with Crippen LogP contribution >= 0.6 is 0 Å². The van der Waals surface area contributed by atoms with Gasteiger partial charge >= 0.3 is 0 Å². The maximum absolute atomic E-state index is 12.7. The van der Waals surface area contributed by atoms with Crippen LogP contribution in [0.2, 0.25) is 0 Å². The summed E-state index contributed by atoms with van der Waals surface area (Å²) in [6.07, 6.45) is 3.70. The van der Waals surface area contributed by atoms with Gasteiger partial charge in [-0.05, 0) is 45.1 Å². The van der Waals surface area contributed by atoms with E-state index in [1.54, 1.807) is 13.2 Å². The molecule has 1 aromatic rings. The van der Waals surface area contributed by atoms with Crippen molar-refractivity contribution in [1.82, 2.24) is 4.98 Å². The number of carbonyl (C=O) groups is 1. The molecule has 0 radical (unpaired) electrons. The Balaban J connectivity index is 2.13. The maximum atomic E-state index is 12.7. The Bertz CT molecular complexity index is 533. The fourth-order valence-electron chi connectivity index (χ4n) is 3.12. The predicted octanol–water partition coefficient (Wildman–Crippen LogP) is 3.32. The van der Waals surface area contributed by atoms with E-state index < -0.39 is 5.60 Å². The number of hydrogen-bond donors (Lipinski definition) is 1. The van der Waals surface area contributed by atoms with Gasteiger partial charge in [0, 0.05) is 13.2 Å². The van der Waals surface area contributed by atoms with Gasteiger partial charge in [-0.2, -0.15) is 0 Å². The Labute approximate surface area is 132 Å². The standard InChI is InChI=1S/C17H26N2O3/c1-5-22-15-9-8-14(13(3)18-15)19-16(20)17(21-4)10-6-7-12(2)11-17/h8-9,12H,5-7,10-11H2,1-4H3,(H,19,20)/t12-,17-/m1/s1. The van der Waals surface area contributed by atoms with Gasteiger partial charge in [-0.25, -0.2) is 4.98 Å². The van der Waals surface area contributed by atoms with E-state index in [2.05, 4.69) is 17.2 Å². The molecule has 122 valence electrons. The van der Waals surface area contributed by atoms with Crippen molar-refractivity contribution in [1.29, 1.82) is 0 Å². The molecule has 0 spiro atoms. The normalized spacial score (nSPS) is 24.8. The van der Waals surface area contributed by atoms with Crippen molar-refractivity contribution in [2.24, 2.45) is 5.92 Å². The van der Waals surface area contributed by atoms with Crippen LogP contribution in [0.4, 0.5) is 5.69 Å². The van der Waals surface area contributed by atoms with Gasteiger partial charge in [0.05, 0.1) is 18.0 Å². The van der Waals surface area contributed by atoms with E-state index >= 15 is 0 Å². The molecule has 0 bridgehead atoms. The van der Waals surface area contributed by atoms with Gasteiger partial charge in [-0.15, -0.1) is 0 Å². The number of aromatic nitrogens is 1. The van der Waals surface area contributed by atoms with Gasteiger partial charge in [0.15, 0.2) is 0 Å². The van der Waals surface area contributed by atoms with E-state index in [-0.39, 0.29) is 5.91 Å². The zero-order valence-corrected chi connectivity index (χ0v) is 13.9. The maximum Gasteiger partial charge on any atom is 0.256 e. The van der Waals surface area contributed by atoms with E-state index in [1.807, 2.05) is 19.9 Å². The molecule has 22 heavy (non-hydrogen) atoms. The smallest absolute Gasteiger partial charge is 0.256 e. The summed E-state index contributed by atoms with van der Waals surface area (Å²) in [5.41, 5.74) is 0.736. The zero-order chi connectivity index (χ0) is 16.2. The van der Waals surface area contributed by atoms with Crippen LogP contribution < -0.4 is 10.1 Å². The number of pyridine rings is 1. The minimum atomic E-state index is -0.720. The first kappa shape index (κ1) is 16.7. The van der Waals surface area contributed by atoms with Crippen molar-refractivity contribution in [3.05, 3.63) is 17.8 Å². The molecule has 0 aromatic carbocycles. The summed E-state index contributed by atoms with van der Waals surface area (Å²) in [5, 5.41) is 2.98. The second-order valence-electron chi connectivity index (χ2n) is 6.07. The first-order valence-corrected chi connectivity index (χ1v) is 7.98. The van der Waals surface area contributed by atoms with Crippen molar-refractivity contribution in [2.45, 2.75) is 52.1 Å². The molecular weight excluding hydrogens is 280 g/mol. The third-order valence-electron chi connectivity index (χ3n) is 4.36. The SMILES string of the molecule is CCOc1ccc(NC(=O)[C@@]2(OC)CCC[C@@H](C)C2)c(C)n1. The third-order valence-corrected chi connectivity index (χ3v) is 4.36. The van der Waals surface area contributed by atoms with Gasteiger partial charge in [-0.3, -0.25) is 4.79 Å². The summed E-state index contributed by atoms with van der Waals surface area (Å²) >= 11 is 0. The number of hydrogen-bond acceptors (Lipinski definition) is 4. The van der Waals surface area contributed by atoms with Crippen molar-refractivity contribution < 1.29 is 14.3 Å². The Morgan fingerprint density at radius 3 is 2.86 bits per heavy atom. The summed E-state index contributed by atoms with van der Waals surface area (Å²) in [6.45, 7) is 6.52. The highest BCUT2D eigenvalue weighted by Gasteiger charge is 2.42. The van der Waals surface area contributed by atoms with Crippen LogP contribution in [0.5, 0.6) is 5.88 Å².